The van der Waals surface area contributed by atoms with Gasteiger partial charge >= 0.3 is 5.97 Å². The molecule has 2 N–H and O–H groups in total. The van der Waals surface area contributed by atoms with Crippen LogP contribution < -0.4 is 14.8 Å². The number of methoxy groups -OCH3 is 4. The first-order valence-corrected chi connectivity index (χ1v) is 11.2. The zero-order valence-corrected chi connectivity index (χ0v) is 20.3. The van der Waals surface area contributed by atoms with Crippen LogP contribution in [0, 0.1) is 11.3 Å². The van der Waals surface area contributed by atoms with E-state index in [-0.39, 0.29) is 5.97 Å². The van der Waals surface area contributed by atoms with Gasteiger partial charge in [0.15, 0.2) is 17.8 Å². The lowest BCUT2D eigenvalue weighted by molar-refractivity contribution is -0.114. The quantitative estimate of drug-likeness (QED) is 0.246. The lowest BCUT2D eigenvalue weighted by Crippen LogP contribution is -2.40. The first-order valence-electron chi connectivity index (χ1n) is 11.2. The van der Waals surface area contributed by atoms with Gasteiger partial charge in [-0.3, -0.25) is 0 Å². The molecule has 0 saturated carbocycles. The molecule has 0 aliphatic heterocycles. The largest absolute Gasteiger partial charge is 0.493 e. The van der Waals surface area contributed by atoms with Crippen molar-refractivity contribution in [3.8, 4) is 17.6 Å². The van der Waals surface area contributed by atoms with Crippen LogP contribution in [0.3, 0.4) is 0 Å². The van der Waals surface area contributed by atoms with Crippen molar-refractivity contribution in [2.24, 2.45) is 0 Å². The molecule has 0 radical (unpaired) electrons. The SMILES string of the molecule is COC(=O)c1cccc(CCNCCCCC(C#N)(c2ccc(OC)c(OC)c2)C(O)OC)c1. The highest BCUT2D eigenvalue weighted by Crippen LogP contribution is 2.38. The summed E-state index contributed by atoms with van der Waals surface area (Å²) in [6.45, 7) is 1.51. The monoisotopic (exact) mass is 470 g/mol. The summed E-state index contributed by atoms with van der Waals surface area (Å²) < 4.78 is 20.6. The van der Waals surface area contributed by atoms with Crippen molar-refractivity contribution in [3.05, 3.63) is 59.2 Å². The van der Waals surface area contributed by atoms with Gasteiger partial charge in [0.2, 0.25) is 0 Å². The number of aliphatic hydroxyl groups is 1. The molecule has 2 unspecified atom stereocenters. The van der Waals surface area contributed by atoms with Crippen molar-refractivity contribution < 1.29 is 28.8 Å². The van der Waals surface area contributed by atoms with Crippen LogP contribution in [0.15, 0.2) is 42.5 Å². The van der Waals surface area contributed by atoms with E-state index in [1.807, 2.05) is 18.2 Å². The molecule has 2 aromatic rings. The number of carbonyl (C=O) groups excluding carboxylic acids is 1. The first-order chi connectivity index (χ1) is 16.4. The van der Waals surface area contributed by atoms with Crippen LogP contribution in [0.5, 0.6) is 11.5 Å². The fraction of sp³-hybridized carbons (Fsp3) is 0.462. The zero-order chi connectivity index (χ0) is 25.0. The van der Waals surface area contributed by atoms with E-state index in [4.69, 9.17) is 18.9 Å². The number of carbonyl (C=O) groups is 1. The summed E-state index contributed by atoms with van der Waals surface area (Å²) in [6.07, 6.45) is 1.42. The number of benzene rings is 2. The smallest absolute Gasteiger partial charge is 0.337 e. The van der Waals surface area contributed by atoms with Crippen LogP contribution in [0.25, 0.3) is 0 Å². The standard InChI is InChI=1S/C26H34N2O6/c1-31-22-11-10-21(17-23(22)32-2)26(18-27,25(30)34-4)13-5-6-14-28-15-12-19-8-7-9-20(16-19)24(29)33-3/h7-11,16-17,25,28,30H,5-6,12-15H2,1-4H3. The second-order valence-corrected chi connectivity index (χ2v) is 7.89. The number of nitrogens with zero attached hydrogens (tertiary/aromatic N) is 1. The number of nitrogens with one attached hydrogen (secondary N) is 1. The third-order valence-corrected chi connectivity index (χ3v) is 5.86. The average molecular weight is 471 g/mol. The minimum atomic E-state index is -1.29. The highest BCUT2D eigenvalue weighted by Gasteiger charge is 2.40. The summed E-state index contributed by atoms with van der Waals surface area (Å²) in [7, 11) is 5.82. The highest BCUT2D eigenvalue weighted by molar-refractivity contribution is 5.89. The predicted octanol–water partition coefficient (Wildman–Crippen LogP) is 3.22. The van der Waals surface area contributed by atoms with E-state index in [0.717, 1.165) is 31.5 Å². The molecule has 0 aromatic heterocycles. The maximum absolute atomic E-state index is 11.7. The molecule has 0 aliphatic rings. The molecule has 8 nitrogen and oxygen atoms in total. The molecule has 0 spiro atoms. The Balaban J connectivity index is 1.92. The number of esters is 1. The van der Waals surface area contributed by atoms with E-state index in [1.165, 1.54) is 21.3 Å². The number of aliphatic hydroxyl groups excluding tert-OH is 1. The Morgan fingerprint density at radius 3 is 2.47 bits per heavy atom. The van der Waals surface area contributed by atoms with Crippen molar-refractivity contribution >= 4 is 5.97 Å². The van der Waals surface area contributed by atoms with Gasteiger partial charge in [-0.25, -0.2) is 4.79 Å². The Kier molecular flexibility index (Phi) is 10.8. The van der Waals surface area contributed by atoms with E-state index in [0.29, 0.717) is 35.5 Å². The summed E-state index contributed by atoms with van der Waals surface area (Å²) in [6, 6.07) is 14.9. The third-order valence-electron chi connectivity index (χ3n) is 5.86. The Labute approximate surface area is 201 Å². The molecule has 2 atom stereocenters. The normalized spacial score (nSPS) is 13.4. The van der Waals surface area contributed by atoms with Crippen LogP contribution >= 0.6 is 0 Å². The first kappa shape index (κ1) is 27.1. The molecule has 0 aliphatic carbocycles. The number of rotatable bonds is 14. The number of hydrogen-bond acceptors (Lipinski definition) is 8. The summed E-state index contributed by atoms with van der Waals surface area (Å²) >= 11 is 0. The van der Waals surface area contributed by atoms with E-state index in [2.05, 4.69) is 11.4 Å². The van der Waals surface area contributed by atoms with E-state index in [1.54, 1.807) is 31.4 Å². The van der Waals surface area contributed by atoms with Gasteiger partial charge in [-0.1, -0.05) is 24.6 Å². The number of ether oxygens (including phenoxy) is 4. The van der Waals surface area contributed by atoms with Gasteiger partial charge < -0.3 is 29.4 Å². The lowest BCUT2D eigenvalue weighted by atomic mass is 9.76. The molecule has 2 rings (SSSR count). The van der Waals surface area contributed by atoms with Crippen molar-refractivity contribution in [1.82, 2.24) is 5.32 Å². The highest BCUT2D eigenvalue weighted by atomic mass is 16.6. The Morgan fingerprint density at radius 1 is 1.06 bits per heavy atom. The molecule has 184 valence electrons. The van der Waals surface area contributed by atoms with Crippen LogP contribution in [0.2, 0.25) is 0 Å². The molecule has 0 heterocycles. The van der Waals surface area contributed by atoms with Gasteiger partial charge in [0, 0.05) is 7.11 Å². The van der Waals surface area contributed by atoms with Crippen LogP contribution in [0.4, 0.5) is 0 Å². The number of hydrogen-bond donors (Lipinski definition) is 2. The minimum absolute atomic E-state index is 0.344. The number of unbranched alkanes of at least 4 members (excludes halogenated alkanes) is 1. The maximum Gasteiger partial charge on any atom is 0.337 e. The van der Waals surface area contributed by atoms with E-state index >= 15 is 0 Å². The Bertz CT molecular complexity index is 974. The van der Waals surface area contributed by atoms with E-state index < -0.39 is 11.7 Å². The average Bonchev–Trinajstić information content (AvgIpc) is 2.89. The van der Waals surface area contributed by atoms with Gasteiger partial charge in [0.05, 0.1) is 33.0 Å². The molecule has 0 saturated heterocycles. The van der Waals surface area contributed by atoms with Gasteiger partial charge in [-0.2, -0.15) is 5.26 Å². The van der Waals surface area contributed by atoms with Crippen molar-refractivity contribution in [1.29, 1.82) is 5.26 Å². The second-order valence-electron chi connectivity index (χ2n) is 7.89. The number of nitriles is 1. The van der Waals surface area contributed by atoms with Gasteiger partial charge in [0.1, 0.15) is 5.41 Å². The van der Waals surface area contributed by atoms with Gasteiger partial charge in [0.25, 0.3) is 0 Å². The summed E-state index contributed by atoms with van der Waals surface area (Å²) in [4.78, 5) is 11.7. The lowest BCUT2D eigenvalue weighted by Gasteiger charge is -2.31. The van der Waals surface area contributed by atoms with Crippen molar-refractivity contribution in [3.63, 3.8) is 0 Å². The van der Waals surface area contributed by atoms with E-state index in [9.17, 15) is 15.2 Å². The van der Waals surface area contributed by atoms with Crippen LogP contribution in [0.1, 0.15) is 40.7 Å². The predicted molar refractivity (Wildman–Crippen MR) is 128 cm³/mol. The maximum atomic E-state index is 11.7. The molecule has 0 bridgehead atoms. The molecule has 34 heavy (non-hydrogen) atoms. The van der Waals surface area contributed by atoms with Crippen LogP contribution in [-0.2, 0) is 21.3 Å². The topological polar surface area (TPSA) is 110 Å². The zero-order valence-electron chi connectivity index (χ0n) is 20.3. The summed E-state index contributed by atoms with van der Waals surface area (Å²) in [5, 5.41) is 24.0. The fourth-order valence-electron chi connectivity index (χ4n) is 3.88. The summed E-state index contributed by atoms with van der Waals surface area (Å²) in [5.74, 6) is 0.690. The van der Waals surface area contributed by atoms with Gasteiger partial charge in [-0.15, -0.1) is 0 Å². The molecular formula is C26H34N2O6. The molecular weight excluding hydrogens is 436 g/mol. The second kappa shape index (κ2) is 13.6. The summed E-state index contributed by atoms with van der Waals surface area (Å²) in [5.41, 5.74) is 0.971. The molecule has 0 amide bonds. The fourth-order valence-corrected chi connectivity index (χ4v) is 3.88. The third kappa shape index (κ3) is 6.70. The van der Waals surface area contributed by atoms with Crippen LogP contribution in [-0.4, -0.2) is 58.9 Å². The molecule has 0 fully saturated rings. The Hall–Kier alpha value is -3.12. The Morgan fingerprint density at radius 2 is 1.82 bits per heavy atom. The van der Waals surface area contributed by atoms with Gasteiger partial charge in [-0.05, 0) is 67.7 Å². The molecule has 2 aromatic carbocycles. The minimum Gasteiger partial charge on any atom is -0.493 e. The van der Waals surface area contributed by atoms with Crippen molar-refractivity contribution in [2.75, 3.05) is 41.5 Å². The molecule has 8 heteroatoms. The van der Waals surface area contributed by atoms with Crippen molar-refractivity contribution in [2.45, 2.75) is 37.4 Å².